The van der Waals surface area contributed by atoms with Crippen LogP contribution in [0, 0.1) is 0 Å². The number of hydrogen-bond acceptors (Lipinski definition) is 1. The molecule has 0 aromatic heterocycles. The van der Waals surface area contributed by atoms with Crippen LogP contribution in [0.25, 0.3) is 0 Å². The van der Waals surface area contributed by atoms with Crippen LogP contribution < -0.4 is 0 Å². The lowest BCUT2D eigenvalue weighted by atomic mass is 10.5. The zero-order valence-electron chi connectivity index (χ0n) is 8.00. The molecule has 56 valence electrons. The third-order valence-electron chi connectivity index (χ3n) is 1.61. The Morgan fingerprint density at radius 1 is 1.90 bits per heavy atom. The Bertz CT molecular complexity index is 213. The molecule has 0 N–H and O–H groups in total. The van der Waals surface area contributed by atoms with Gasteiger partial charge in [0.05, 0.1) is 2.74 Å². The summed E-state index contributed by atoms with van der Waals surface area (Å²) in [6, 6.07) is -0.0208. The van der Waals surface area contributed by atoms with Gasteiger partial charge in [-0.25, -0.2) is 4.79 Å². The lowest BCUT2D eigenvalue weighted by Gasteiger charge is -2.12. The first-order valence-corrected chi connectivity index (χ1v) is 3.24. The van der Waals surface area contributed by atoms with E-state index in [4.69, 9.17) is 2.74 Å². The van der Waals surface area contributed by atoms with Crippen molar-refractivity contribution in [3.05, 3.63) is 12.6 Å². The topological polar surface area (TPSA) is 23.6 Å². The minimum Gasteiger partial charge on any atom is -0.326 e. The number of carbonyl (C=O) groups is 1. The van der Waals surface area contributed by atoms with Crippen molar-refractivity contribution >= 4 is 6.03 Å². The Hall–Kier alpha value is -0.990. The highest BCUT2D eigenvalue weighted by Gasteiger charge is 2.23. The Morgan fingerprint density at radius 3 is 3.20 bits per heavy atom. The average Bonchev–Trinajstić information content (AvgIpc) is 2.30. The normalized spacial score (nSPS) is 20.7. The summed E-state index contributed by atoms with van der Waals surface area (Å²) in [4.78, 5) is 14.5. The van der Waals surface area contributed by atoms with Crippen LogP contribution >= 0.6 is 0 Å². The Kier molecular flexibility index (Phi) is 1.30. The summed E-state index contributed by atoms with van der Waals surface area (Å²) in [5.41, 5.74) is 0. The highest BCUT2D eigenvalue weighted by atomic mass is 16.2. The summed E-state index contributed by atoms with van der Waals surface area (Å²) in [5.74, 6) is 0. The van der Waals surface area contributed by atoms with Crippen LogP contribution in [0.1, 0.15) is 2.74 Å². The van der Waals surface area contributed by atoms with E-state index in [1.54, 1.807) is 16.8 Å². The maximum atomic E-state index is 11.2. The number of rotatable bonds is 2. The zero-order chi connectivity index (χ0) is 9.14. The molecule has 0 unspecified atom stereocenters. The van der Waals surface area contributed by atoms with Gasteiger partial charge < -0.3 is 9.80 Å². The summed E-state index contributed by atoms with van der Waals surface area (Å²) in [6.45, 7) is 1.57. The highest BCUT2D eigenvalue weighted by Crippen LogP contribution is 2.04. The Morgan fingerprint density at radius 2 is 2.70 bits per heavy atom. The third kappa shape index (κ3) is 1.12. The molecule has 0 aromatic rings. The Labute approximate surface area is 63.7 Å². The van der Waals surface area contributed by atoms with Gasteiger partial charge in [-0.2, -0.15) is 0 Å². The minimum atomic E-state index is -0.239. The third-order valence-corrected chi connectivity index (χ3v) is 1.61. The van der Waals surface area contributed by atoms with E-state index < -0.39 is 0 Å². The lowest BCUT2D eigenvalue weighted by molar-refractivity contribution is 0.202. The van der Waals surface area contributed by atoms with Crippen LogP contribution in [-0.4, -0.2) is 42.5 Å². The van der Waals surface area contributed by atoms with E-state index in [1.807, 2.05) is 0 Å². The van der Waals surface area contributed by atoms with Crippen molar-refractivity contribution in [3.8, 4) is 0 Å². The molecule has 3 nitrogen and oxygen atoms in total. The van der Waals surface area contributed by atoms with Gasteiger partial charge in [-0.3, -0.25) is 0 Å². The molecule has 1 saturated heterocycles. The van der Waals surface area contributed by atoms with Crippen molar-refractivity contribution < 1.29 is 7.54 Å². The molecule has 0 spiro atoms. The van der Waals surface area contributed by atoms with Crippen LogP contribution in [0.3, 0.4) is 0 Å². The van der Waals surface area contributed by atoms with Gasteiger partial charge in [0, 0.05) is 26.7 Å². The summed E-state index contributed by atoms with van der Waals surface area (Å²) in [5, 5.41) is 0. The minimum absolute atomic E-state index is 0.0208. The van der Waals surface area contributed by atoms with E-state index in [0.717, 1.165) is 6.54 Å². The second-order valence-corrected chi connectivity index (χ2v) is 2.35. The quantitative estimate of drug-likeness (QED) is 0.516. The van der Waals surface area contributed by atoms with E-state index in [1.165, 1.54) is 6.08 Å². The van der Waals surface area contributed by atoms with Crippen molar-refractivity contribution in [2.45, 2.75) is 0 Å². The van der Waals surface area contributed by atoms with E-state index >= 15 is 0 Å². The fourth-order valence-corrected chi connectivity index (χ4v) is 0.983. The maximum Gasteiger partial charge on any atom is 0.320 e. The van der Waals surface area contributed by atoms with Crippen molar-refractivity contribution in [1.82, 2.24) is 9.80 Å². The van der Waals surface area contributed by atoms with Gasteiger partial charge in [0.1, 0.15) is 0 Å². The van der Waals surface area contributed by atoms with Gasteiger partial charge in [-0.15, -0.1) is 6.53 Å². The maximum absolute atomic E-state index is 11.2. The number of carbonyl (C=O) groups excluding carboxylic acids is 1. The second-order valence-electron chi connectivity index (χ2n) is 2.35. The van der Waals surface area contributed by atoms with Crippen molar-refractivity contribution in [2.24, 2.45) is 0 Å². The number of urea groups is 1. The molecule has 0 radical (unpaired) electrons. The molecule has 0 bridgehead atoms. The van der Waals surface area contributed by atoms with Gasteiger partial charge in [0.2, 0.25) is 0 Å². The first kappa shape index (κ1) is 4.77. The van der Waals surface area contributed by atoms with Gasteiger partial charge in [0.25, 0.3) is 0 Å². The number of nitrogens with zero attached hydrogens (tertiary/aromatic N) is 2. The van der Waals surface area contributed by atoms with E-state index in [2.05, 4.69) is 0 Å². The fraction of sp³-hybridized carbons (Fsp3) is 0.571. The molecule has 1 heterocycles. The smallest absolute Gasteiger partial charge is 0.320 e. The van der Waals surface area contributed by atoms with Crippen molar-refractivity contribution in [2.75, 3.05) is 26.7 Å². The van der Waals surface area contributed by atoms with E-state index in [-0.39, 0.29) is 12.6 Å². The Balaban J connectivity index is 2.45. The van der Waals surface area contributed by atoms with Crippen LogP contribution in [-0.2, 0) is 0 Å². The molecule has 2 amide bonds. The summed E-state index contributed by atoms with van der Waals surface area (Å²) in [6.07, 6.45) is 1.41. The molecule has 1 fully saturated rings. The van der Waals surface area contributed by atoms with Crippen LogP contribution in [0.5, 0.6) is 0 Å². The molecule has 10 heavy (non-hydrogen) atoms. The summed E-state index contributed by atoms with van der Waals surface area (Å²) < 4.78 is 13.7. The molecular weight excluding hydrogens is 128 g/mol. The first-order chi connectivity index (χ1) is 5.61. The fourth-order valence-electron chi connectivity index (χ4n) is 0.983. The summed E-state index contributed by atoms with van der Waals surface area (Å²) in [7, 11) is 1.74. The second kappa shape index (κ2) is 2.73. The predicted octanol–water partition coefficient (Wildman–Crippen LogP) is 0.540. The van der Waals surface area contributed by atoms with Gasteiger partial charge in [-0.05, 0) is 0 Å². The zero-order valence-corrected chi connectivity index (χ0v) is 6.00. The largest absolute Gasteiger partial charge is 0.326 e. The molecule has 3 heteroatoms. The predicted molar refractivity (Wildman–Crippen MR) is 39.8 cm³/mol. The van der Waals surface area contributed by atoms with Crippen molar-refractivity contribution in [3.63, 3.8) is 0 Å². The molecule has 0 saturated carbocycles. The molecule has 1 aliphatic rings. The van der Waals surface area contributed by atoms with E-state index in [9.17, 15) is 4.79 Å². The van der Waals surface area contributed by atoms with Crippen LogP contribution in [0.2, 0.25) is 0 Å². The lowest BCUT2D eigenvalue weighted by Crippen LogP contribution is -2.29. The van der Waals surface area contributed by atoms with E-state index in [0.29, 0.717) is 13.1 Å². The average molecular weight is 142 g/mol. The number of hydrogen-bond donors (Lipinski definition) is 0. The molecule has 0 aliphatic carbocycles. The highest BCUT2D eigenvalue weighted by molar-refractivity contribution is 5.76. The van der Waals surface area contributed by atoms with Gasteiger partial charge >= 0.3 is 6.03 Å². The molecule has 0 atom stereocenters. The standard InChI is InChI=1S/C7H12N2O/c1-3-4-9-6-5-8(2)7(9)10/h3H,1,4-6H2,2H3/i1D2. The SMILES string of the molecule is [2H]C([2H])=CCN1CCN(C)C1=O. The summed E-state index contributed by atoms with van der Waals surface area (Å²) >= 11 is 0. The monoisotopic (exact) mass is 142 g/mol. The van der Waals surface area contributed by atoms with Crippen molar-refractivity contribution in [1.29, 1.82) is 0 Å². The van der Waals surface area contributed by atoms with Crippen LogP contribution in [0.4, 0.5) is 4.79 Å². The first-order valence-electron chi connectivity index (χ1n) is 4.24. The molecule has 1 aliphatic heterocycles. The molecular formula is C7H12N2O. The molecule has 0 aromatic carbocycles. The number of amides is 2. The van der Waals surface area contributed by atoms with Gasteiger partial charge in [-0.1, -0.05) is 6.08 Å². The number of likely N-dealkylation sites (N-methyl/N-ethyl adjacent to an activating group) is 1. The van der Waals surface area contributed by atoms with Gasteiger partial charge in [0.15, 0.2) is 0 Å². The molecule has 1 rings (SSSR count). The van der Waals surface area contributed by atoms with Crippen LogP contribution in [0.15, 0.2) is 12.6 Å².